The van der Waals surface area contributed by atoms with Crippen LogP contribution < -0.4 is 9.62 Å². The number of fused-ring (bicyclic) bond motifs is 2. The molecule has 2 aliphatic rings. The van der Waals surface area contributed by atoms with Crippen molar-refractivity contribution in [3.05, 3.63) is 53.6 Å². The van der Waals surface area contributed by atoms with Gasteiger partial charge in [0.15, 0.2) is 0 Å². The summed E-state index contributed by atoms with van der Waals surface area (Å²) in [7, 11) is -3.63. The monoisotopic (exact) mass is 328 g/mol. The largest absolute Gasteiger partial charge is 0.326 e. The van der Waals surface area contributed by atoms with Crippen LogP contribution in [0.3, 0.4) is 0 Å². The molecule has 2 heterocycles. The second kappa shape index (κ2) is 4.83. The van der Waals surface area contributed by atoms with Gasteiger partial charge in [-0.15, -0.1) is 0 Å². The van der Waals surface area contributed by atoms with Gasteiger partial charge < -0.3 is 5.32 Å². The standard InChI is InChI=1S/C17H16N2O3S/c1-11-10-19(16-5-3-2-4-14(11)16)23(21,22)13-6-7-15-12(8-13)9-17(20)18-15/h2-8,11H,9-10H2,1H3,(H,18,20). The minimum absolute atomic E-state index is 0.102. The van der Waals surface area contributed by atoms with Gasteiger partial charge in [-0.05, 0) is 35.4 Å². The molecule has 0 radical (unpaired) electrons. The van der Waals surface area contributed by atoms with Crippen molar-refractivity contribution < 1.29 is 13.2 Å². The van der Waals surface area contributed by atoms with Gasteiger partial charge in [-0.2, -0.15) is 0 Å². The Morgan fingerprint density at radius 3 is 2.78 bits per heavy atom. The minimum atomic E-state index is -3.63. The molecule has 0 saturated heterocycles. The zero-order valence-corrected chi connectivity index (χ0v) is 13.4. The van der Waals surface area contributed by atoms with Crippen molar-refractivity contribution in [3.63, 3.8) is 0 Å². The third kappa shape index (κ3) is 2.13. The van der Waals surface area contributed by atoms with E-state index in [-0.39, 0.29) is 23.1 Å². The molecule has 1 N–H and O–H groups in total. The molecule has 0 aliphatic carbocycles. The lowest BCUT2D eigenvalue weighted by Gasteiger charge is -2.20. The van der Waals surface area contributed by atoms with E-state index in [1.165, 1.54) is 4.31 Å². The van der Waals surface area contributed by atoms with Crippen LogP contribution in [0.2, 0.25) is 0 Å². The summed E-state index contributed by atoms with van der Waals surface area (Å²) in [6.45, 7) is 2.47. The summed E-state index contributed by atoms with van der Waals surface area (Å²) in [4.78, 5) is 11.7. The summed E-state index contributed by atoms with van der Waals surface area (Å²) >= 11 is 0. The number of hydrogen-bond donors (Lipinski definition) is 1. The lowest BCUT2D eigenvalue weighted by molar-refractivity contribution is -0.115. The quantitative estimate of drug-likeness (QED) is 0.921. The number of carbonyl (C=O) groups excluding carboxylic acids is 1. The van der Waals surface area contributed by atoms with E-state index >= 15 is 0 Å². The third-order valence-corrected chi connectivity index (χ3v) is 6.24. The van der Waals surface area contributed by atoms with Crippen LogP contribution in [0.15, 0.2) is 47.4 Å². The maximum Gasteiger partial charge on any atom is 0.264 e. The van der Waals surface area contributed by atoms with Crippen LogP contribution in [0.1, 0.15) is 24.0 Å². The molecule has 2 aliphatic heterocycles. The number of nitrogens with one attached hydrogen (secondary N) is 1. The highest BCUT2D eigenvalue weighted by molar-refractivity contribution is 7.92. The molecule has 2 aromatic rings. The molecule has 118 valence electrons. The Kier molecular flexibility index (Phi) is 2.99. The van der Waals surface area contributed by atoms with E-state index < -0.39 is 10.0 Å². The highest BCUT2D eigenvalue weighted by atomic mass is 32.2. The van der Waals surface area contributed by atoms with E-state index in [0.29, 0.717) is 12.2 Å². The van der Waals surface area contributed by atoms with E-state index in [1.807, 2.05) is 31.2 Å². The third-order valence-electron chi connectivity index (χ3n) is 4.47. The minimum Gasteiger partial charge on any atom is -0.326 e. The topological polar surface area (TPSA) is 66.5 Å². The molecule has 0 bridgehead atoms. The van der Waals surface area contributed by atoms with Gasteiger partial charge in [0.05, 0.1) is 17.0 Å². The highest BCUT2D eigenvalue weighted by Crippen LogP contribution is 2.39. The van der Waals surface area contributed by atoms with E-state index in [0.717, 1.165) is 16.8 Å². The van der Waals surface area contributed by atoms with Gasteiger partial charge >= 0.3 is 0 Å². The molecule has 0 spiro atoms. The summed E-state index contributed by atoms with van der Waals surface area (Å²) in [5.41, 5.74) is 3.23. The summed E-state index contributed by atoms with van der Waals surface area (Å²) in [5.74, 6) is 0.0633. The Morgan fingerprint density at radius 2 is 1.96 bits per heavy atom. The molecule has 1 amide bonds. The van der Waals surface area contributed by atoms with Gasteiger partial charge in [0, 0.05) is 18.2 Å². The lowest BCUT2D eigenvalue weighted by atomic mass is 10.0. The van der Waals surface area contributed by atoms with E-state index in [1.54, 1.807) is 18.2 Å². The van der Waals surface area contributed by atoms with Crippen LogP contribution >= 0.6 is 0 Å². The molecular weight excluding hydrogens is 312 g/mol. The zero-order valence-electron chi connectivity index (χ0n) is 12.6. The maximum atomic E-state index is 13.0. The summed E-state index contributed by atoms with van der Waals surface area (Å²) in [6.07, 6.45) is 0.228. The van der Waals surface area contributed by atoms with Gasteiger partial charge in [-0.3, -0.25) is 9.10 Å². The van der Waals surface area contributed by atoms with E-state index in [4.69, 9.17) is 0 Å². The van der Waals surface area contributed by atoms with Crippen molar-refractivity contribution in [1.29, 1.82) is 0 Å². The molecular formula is C17H16N2O3S. The Bertz CT molecular complexity index is 921. The summed E-state index contributed by atoms with van der Waals surface area (Å²) in [5, 5.41) is 2.72. The number of nitrogens with zero attached hydrogens (tertiary/aromatic N) is 1. The second-order valence-electron chi connectivity index (χ2n) is 6.04. The molecule has 0 aromatic heterocycles. The molecule has 1 atom stereocenters. The number of amides is 1. The van der Waals surface area contributed by atoms with Crippen LogP contribution in [-0.4, -0.2) is 20.9 Å². The van der Waals surface area contributed by atoms with Crippen LogP contribution in [0.5, 0.6) is 0 Å². The predicted octanol–water partition coefficient (Wildman–Crippen LogP) is 2.49. The summed E-state index contributed by atoms with van der Waals surface area (Å²) < 4.78 is 27.6. The van der Waals surface area contributed by atoms with E-state index in [2.05, 4.69) is 5.32 Å². The molecule has 0 fully saturated rings. The van der Waals surface area contributed by atoms with Gasteiger partial charge in [-0.1, -0.05) is 25.1 Å². The van der Waals surface area contributed by atoms with Crippen molar-refractivity contribution in [2.24, 2.45) is 0 Å². The van der Waals surface area contributed by atoms with Crippen molar-refractivity contribution in [3.8, 4) is 0 Å². The molecule has 6 heteroatoms. The number of benzene rings is 2. The fourth-order valence-corrected chi connectivity index (χ4v) is 4.93. The number of sulfonamides is 1. The molecule has 4 rings (SSSR count). The van der Waals surface area contributed by atoms with Gasteiger partial charge in [0.25, 0.3) is 10.0 Å². The van der Waals surface area contributed by atoms with Crippen molar-refractivity contribution in [2.45, 2.75) is 24.2 Å². The average Bonchev–Trinajstić information content (AvgIpc) is 3.07. The number of anilines is 2. The van der Waals surface area contributed by atoms with Crippen LogP contribution in [0.4, 0.5) is 11.4 Å². The Morgan fingerprint density at radius 1 is 1.17 bits per heavy atom. The first-order chi connectivity index (χ1) is 11.0. The molecule has 1 unspecified atom stereocenters. The number of rotatable bonds is 2. The number of carbonyl (C=O) groups is 1. The van der Waals surface area contributed by atoms with Gasteiger partial charge in [0.2, 0.25) is 5.91 Å². The molecule has 5 nitrogen and oxygen atoms in total. The molecule has 0 saturated carbocycles. The van der Waals surface area contributed by atoms with Crippen LogP contribution in [0, 0.1) is 0 Å². The Labute approximate surface area is 135 Å². The van der Waals surface area contributed by atoms with E-state index in [9.17, 15) is 13.2 Å². The second-order valence-corrected chi connectivity index (χ2v) is 7.90. The van der Waals surface area contributed by atoms with Crippen molar-refractivity contribution in [2.75, 3.05) is 16.2 Å². The SMILES string of the molecule is CC1CN(S(=O)(=O)c2ccc3c(c2)CC(=O)N3)c2ccccc21. The lowest BCUT2D eigenvalue weighted by Crippen LogP contribution is -2.29. The van der Waals surface area contributed by atoms with Crippen LogP contribution in [0.25, 0.3) is 0 Å². The smallest absolute Gasteiger partial charge is 0.264 e. The Balaban J connectivity index is 1.78. The zero-order chi connectivity index (χ0) is 16.2. The van der Waals surface area contributed by atoms with Crippen molar-refractivity contribution in [1.82, 2.24) is 0 Å². The van der Waals surface area contributed by atoms with Crippen LogP contribution in [-0.2, 0) is 21.2 Å². The van der Waals surface area contributed by atoms with Gasteiger partial charge in [0.1, 0.15) is 0 Å². The normalized spacial score (nSPS) is 19.4. The fraction of sp³-hybridized carbons (Fsp3) is 0.235. The number of para-hydroxylation sites is 1. The maximum absolute atomic E-state index is 13.0. The predicted molar refractivity (Wildman–Crippen MR) is 88.2 cm³/mol. The molecule has 2 aromatic carbocycles. The van der Waals surface area contributed by atoms with Gasteiger partial charge in [-0.25, -0.2) is 8.42 Å². The fourth-order valence-electron chi connectivity index (χ4n) is 3.30. The first-order valence-corrected chi connectivity index (χ1v) is 8.95. The first-order valence-electron chi connectivity index (χ1n) is 7.51. The van der Waals surface area contributed by atoms with Crippen molar-refractivity contribution >= 4 is 27.3 Å². The molecule has 23 heavy (non-hydrogen) atoms. The highest BCUT2D eigenvalue weighted by Gasteiger charge is 2.35. The average molecular weight is 328 g/mol. The summed E-state index contributed by atoms with van der Waals surface area (Å²) in [6, 6.07) is 12.4. The number of hydrogen-bond acceptors (Lipinski definition) is 3. The first kappa shape index (κ1) is 14.3. The Hall–Kier alpha value is -2.34.